The molecule has 1 saturated heterocycles. The maximum atomic E-state index is 12.2. The van der Waals surface area contributed by atoms with Crippen molar-refractivity contribution in [3.05, 3.63) is 0 Å². The molecular formula is C12H26N2O2S. The first kappa shape index (κ1) is 14.9. The summed E-state index contributed by atoms with van der Waals surface area (Å²) in [5.41, 5.74) is 0. The molecule has 1 N–H and O–H groups in total. The number of hydrogen-bond acceptors (Lipinski definition) is 3. The van der Waals surface area contributed by atoms with Crippen LogP contribution in [0.2, 0.25) is 0 Å². The van der Waals surface area contributed by atoms with Crippen LogP contribution >= 0.6 is 0 Å². The average molecular weight is 262 g/mol. The first-order chi connectivity index (χ1) is 8.11. The molecule has 0 spiro atoms. The largest absolute Gasteiger partial charge is 0.315 e. The number of piperidine rings is 1. The molecule has 0 aromatic heterocycles. The zero-order chi connectivity index (χ0) is 12.7. The van der Waals surface area contributed by atoms with Gasteiger partial charge in [-0.25, -0.2) is 8.42 Å². The summed E-state index contributed by atoms with van der Waals surface area (Å²) in [7, 11) is -3.03. The van der Waals surface area contributed by atoms with Crippen LogP contribution in [0, 0.1) is 0 Å². The van der Waals surface area contributed by atoms with Gasteiger partial charge in [0.15, 0.2) is 0 Å². The van der Waals surface area contributed by atoms with Crippen molar-refractivity contribution in [3.63, 3.8) is 0 Å². The van der Waals surface area contributed by atoms with Crippen LogP contribution in [0.5, 0.6) is 0 Å². The maximum absolute atomic E-state index is 12.2. The van der Waals surface area contributed by atoms with E-state index in [2.05, 4.69) is 12.2 Å². The highest BCUT2D eigenvalue weighted by Crippen LogP contribution is 2.21. The minimum Gasteiger partial charge on any atom is -0.315 e. The van der Waals surface area contributed by atoms with Gasteiger partial charge in [-0.2, -0.15) is 4.31 Å². The third-order valence-corrected chi connectivity index (χ3v) is 5.32. The molecular weight excluding hydrogens is 236 g/mol. The molecule has 0 bridgehead atoms. The second kappa shape index (κ2) is 7.34. The minimum absolute atomic E-state index is 0.172. The van der Waals surface area contributed by atoms with E-state index in [1.165, 1.54) is 0 Å². The van der Waals surface area contributed by atoms with Crippen molar-refractivity contribution in [3.8, 4) is 0 Å². The zero-order valence-corrected chi connectivity index (χ0v) is 11.9. The van der Waals surface area contributed by atoms with E-state index in [0.717, 1.165) is 45.2 Å². The van der Waals surface area contributed by atoms with Crippen LogP contribution in [0.4, 0.5) is 0 Å². The molecule has 1 unspecified atom stereocenters. The second-order valence-electron chi connectivity index (χ2n) is 4.74. The number of sulfonamides is 1. The Morgan fingerprint density at radius 2 is 2.06 bits per heavy atom. The molecule has 1 aliphatic heterocycles. The molecule has 0 aliphatic carbocycles. The molecule has 0 aromatic rings. The van der Waals surface area contributed by atoms with Gasteiger partial charge in [0, 0.05) is 19.1 Å². The van der Waals surface area contributed by atoms with Crippen molar-refractivity contribution in [1.82, 2.24) is 9.62 Å². The van der Waals surface area contributed by atoms with Gasteiger partial charge in [-0.3, -0.25) is 0 Å². The summed E-state index contributed by atoms with van der Waals surface area (Å²) in [6, 6.07) is 0.172. The van der Waals surface area contributed by atoms with Gasteiger partial charge in [0.2, 0.25) is 10.0 Å². The Hall–Kier alpha value is -0.130. The predicted octanol–water partition coefficient (Wildman–Crippen LogP) is 1.58. The van der Waals surface area contributed by atoms with Crippen LogP contribution in [0.25, 0.3) is 0 Å². The lowest BCUT2D eigenvalue weighted by Gasteiger charge is -2.34. The van der Waals surface area contributed by atoms with E-state index in [0.29, 0.717) is 12.3 Å². The van der Waals surface area contributed by atoms with Crippen molar-refractivity contribution in [2.45, 2.75) is 52.0 Å². The number of nitrogens with one attached hydrogen (secondary N) is 1. The van der Waals surface area contributed by atoms with Crippen LogP contribution in [0.1, 0.15) is 46.0 Å². The number of hydrogen-bond donors (Lipinski definition) is 1. The first-order valence-electron chi connectivity index (χ1n) is 6.82. The fourth-order valence-corrected chi connectivity index (χ4v) is 4.23. The minimum atomic E-state index is -3.03. The van der Waals surface area contributed by atoms with Gasteiger partial charge in [0.1, 0.15) is 0 Å². The normalized spacial score (nSPS) is 22.8. The summed E-state index contributed by atoms with van der Waals surface area (Å²) in [6.07, 6.45) is 4.86. The fourth-order valence-electron chi connectivity index (χ4n) is 2.30. The monoisotopic (exact) mass is 262 g/mol. The average Bonchev–Trinajstić information content (AvgIpc) is 2.34. The lowest BCUT2D eigenvalue weighted by molar-refractivity contribution is 0.246. The van der Waals surface area contributed by atoms with Crippen LogP contribution in [-0.2, 0) is 10.0 Å². The molecule has 4 nitrogen and oxygen atoms in total. The summed E-state index contributed by atoms with van der Waals surface area (Å²) in [5, 5.41) is 3.27. The summed E-state index contributed by atoms with van der Waals surface area (Å²) < 4.78 is 26.2. The van der Waals surface area contributed by atoms with E-state index >= 15 is 0 Å². The molecule has 1 aliphatic rings. The van der Waals surface area contributed by atoms with Crippen LogP contribution in [0.3, 0.4) is 0 Å². The first-order valence-corrected chi connectivity index (χ1v) is 8.43. The third-order valence-electron chi connectivity index (χ3n) is 3.32. The Morgan fingerprint density at radius 1 is 1.29 bits per heavy atom. The summed E-state index contributed by atoms with van der Waals surface area (Å²) in [6.45, 7) is 6.49. The maximum Gasteiger partial charge on any atom is 0.214 e. The number of likely N-dealkylation sites (N-methyl/N-ethyl adjacent to an activating group) is 1. The number of unbranched alkanes of at least 4 members (excludes halogenated alkanes) is 1. The summed E-state index contributed by atoms with van der Waals surface area (Å²) in [5.74, 6) is 0.312. The molecule has 1 atom stereocenters. The summed E-state index contributed by atoms with van der Waals surface area (Å²) in [4.78, 5) is 0. The van der Waals surface area contributed by atoms with E-state index in [4.69, 9.17) is 0 Å². The van der Waals surface area contributed by atoms with Crippen LogP contribution < -0.4 is 5.32 Å². The lowest BCUT2D eigenvalue weighted by atomic mass is 10.1. The van der Waals surface area contributed by atoms with Gasteiger partial charge in [0.05, 0.1) is 5.75 Å². The van der Waals surface area contributed by atoms with Gasteiger partial charge in [-0.1, -0.05) is 26.7 Å². The Kier molecular flexibility index (Phi) is 6.44. The highest BCUT2D eigenvalue weighted by atomic mass is 32.2. The smallest absolute Gasteiger partial charge is 0.214 e. The fraction of sp³-hybridized carbons (Fsp3) is 1.00. The van der Waals surface area contributed by atoms with E-state index in [-0.39, 0.29) is 6.04 Å². The van der Waals surface area contributed by atoms with Crippen molar-refractivity contribution in [2.24, 2.45) is 0 Å². The van der Waals surface area contributed by atoms with E-state index in [1.807, 2.05) is 6.92 Å². The molecule has 0 saturated carbocycles. The molecule has 1 fully saturated rings. The highest BCUT2D eigenvalue weighted by Gasteiger charge is 2.31. The lowest BCUT2D eigenvalue weighted by Crippen LogP contribution is -2.49. The van der Waals surface area contributed by atoms with E-state index < -0.39 is 10.0 Å². The van der Waals surface area contributed by atoms with Gasteiger partial charge >= 0.3 is 0 Å². The molecule has 0 amide bonds. The van der Waals surface area contributed by atoms with Crippen LogP contribution in [-0.4, -0.2) is 44.2 Å². The highest BCUT2D eigenvalue weighted by molar-refractivity contribution is 7.89. The standard InChI is InChI=1S/C12H26N2O2S/c1-3-5-10-17(15,16)14-9-7-6-8-12(14)11-13-4-2/h12-13H,3-11H2,1-2H3. The Bertz CT molecular complexity index is 304. The SMILES string of the molecule is CCCCS(=O)(=O)N1CCCCC1CNCC. The van der Waals surface area contributed by atoms with E-state index in [9.17, 15) is 8.42 Å². The second-order valence-corrected chi connectivity index (χ2v) is 6.78. The molecule has 5 heteroatoms. The van der Waals surface area contributed by atoms with Gasteiger partial charge < -0.3 is 5.32 Å². The Balaban J connectivity index is 2.62. The topological polar surface area (TPSA) is 49.4 Å². The molecule has 0 aromatic carbocycles. The number of nitrogens with zero attached hydrogens (tertiary/aromatic N) is 1. The predicted molar refractivity (Wildman–Crippen MR) is 71.6 cm³/mol. The molecule has 1 rings (SSSR count). The molecule has 17 heavy (non-hydrogen) atoms. The number of rotatable bonds is 7. The van der Waals surface area contributed by atoms with Crippen molar-refractivity contribution in [1.29, 1.82) is 0 Å². The van der Waals surface area contributed by atoms with Gasteiger partial charge in [0.25, 0.3) is 0 Å². The van der Waals surface area contributed by atoms with Gasteiger partial charge in [-0.05, 0) is 25.8 Å². The Morgan fingerprint density at radius 3 is 2.71 bits per heavy atom. The van der Waals surface area contributed by atoms with Crippen molar-refractivity contribution < 1.29 is 8.42 Å². The van der Waals surface area contributed by atoms with Crippen molar-refractivity contribution >= 4 is 10.0 Å². The van der Waals surface area contributed by atoms with Gasteiger partial charge in [-0.15, -0.1) is 0 Å². The summed E-state index contributed by atoms with van der Waals surface area (Å²) >= 11 is 0. The Labute approximate surface area is 106 Å². The third kappa shape index (κ3) is 4.56. The molecule has 0 radical (unpaired) electrons. The zero-order valence-electron chi connectivity index (χ0n) is 11.1. The molecule has 102 valence electrons. The van der Waals surface area contributed by atoms with Crippen LogP contribution in [0.15, 0.2) is 0 Å². The quantitative estimate of drug-likeness (QED) is 0.758. The van der Waals surface area contributed by atoms with E-state index in [1.54, 1.807) is 4.31 Å². The van der Waals surface area contributed by atoms with Crippen molar-refractivity contribution in [2.75, 3.05) is 25.4 Å². The molecule has 1 heterocycles.